The van der Waals surface area contributed by atoms with Crippen LogP contribution in [0.1, 0.15) is 44.5 Å². The lowest BCUT2D eigenvalue weighted by atomic mass is 10.0. The maximum Gasteiger partial charge on any atom is 0.315 e. The number of benzene rings is 1. The van der Waals surface area contributed by atoms with Crippen molar-refractivity contribution in [1.29, 1.82) is 0 Å². The first-order valence-corrected chi connectivity index (χ1v) is 8.21. The van der Waals surface area contributed by atoms with Crippen LogP contribution >= 0.6 is 0 Å². The van der Waals surface area contributed by atoms with E-state index in [0.717, 1.165) is 31.2 Å². The molecule has 3 rings (SSSR count). The average Bonchev–Trinajstić information content (AvgIpc) is 3.24. The molecule has 0 aliphatic heterocycles. The van der Waals surface area contributed by atoms with Gasteiger partial charge in [-0.2, -0.15) is 4.98 Å². The fraction of sp³-hybridized carbons (Fsp3) is 0.471. The Hall–Kier alpha value is -2.41. The van der Waals surface area contributed by atoms with Gasteiger partial charge >= 0.3 is 6.03 Å². The number of hydrogen-bond donors (Lipinski definition) is 3. The summed E-state index contributed by atoms with van der Waals surface area (Å²) >= 11 is 0. The van der Waals surface area contributed by atoms with E-state index in [1.807, 2.05) is 30.3 Å². The van der Waals surface area contributed by atoms with E-state index < -0.39 is 11.6 Å². The summed E-state index contributed by atoms with van der Waals surface area (Å²) in [6.45, 7) is 2.04. The molecule has 1 aliphatic rings. The normalized spacial score (nSPS) is 17.4. The molecule has 0 saturated heterocycles. The molecule has 1 heterocycles. The Kier molecular flexibility index (Phi) is 4.80. The molecule has 2 amide bonds. The minimum Gasteiger partial charge on any atom is -0.388 e. The number of nitrogens with zero attached hydrogens (tertiary/aromatic N) is 2. The fourth-order valence-electron chi connectivity index (χ4n) is 2.88. The van der Waals surface area contributed by atoms with E-state index in [-0.39, 0.29) is 12.6 Å². The highest BCUT2D eigenvalue weighted by atomic mass is 16.5. The molecular weight excluding hydrogens is 308 g/mol. The van der Waals surface area contributed by atoms with Crippen molar-refractivity contribution in [3.63, 3.8) is 0 Å². The summed E-state index contributed by atoms with van der Waals surface area (Å²) in [4.78, 5) is 16.3. The number of carbonyl (C=O) groups excluding carboxylic acids is 1. The van der Waals surface area contributed by atoms with Crippen LogP contribution in [0.2, 0.25) is 0 Å². The third kappa shape index (κ3) is 3.91. The highest BCUT2D eigenvalue weighted by Crippen LogP contribution is 2.28. The molecule has 1 unspecified atom stereocenters. The maximum atomic E-state index is 12.0. The molecule has 1 fully saturated rings. The molecule has 128 valence electrons. The van der Waals surface area contributed by atoms with Crippen molar-refractivity contribution in [3.05, 3.63) is 36.2 Å². The van der Waals surface area contributed by atoms with E-state index in [4.69, 9.17) is 4.52 Å². The van der Waals surface area contributed by atoms with Gasteiger partial charge in [0.05, 0.1) is 11.6 Å². The summed E-state index contributed by atoms with van der Waals surface area (Å²) in [5, 5.41) is 19.6. The molecule has 1 aromatic heterocycles. The van der Waals surface area contributed by atoms with Gasteiger partial charge in [-0.3, -0.25) is 0 Å². The lowest BCUT2D eigenvalue weighted by Gasteiger charge is -2.22. The van der Waals surface area contributed by atoms with Crippen molar-refractivity contribution >= 4 is 6.03 Å². The summed E-state index contributed by atoms with van der Waals surface area (Å²) in [6.07, 6.45) is 3.46. The van der Waals surface area contributed by atoms with Gasteiger partial charge in [0.1, 0.15) is 0 Å². The van der Waals surface area contributed by atoms with E-state index >= 15 is 0 Å². The van der Waals surface area contributed by atoms with Crippen molar-refractivity contribution in [1.82, 2.24) is 20.8 Å². The summed E-state index contributed by atoms with van der Waals surface area (Å²) in [5.41, 5.74) is 0.0593. The summed E-state index contributed by atoms with van der Waals surface area (Å²) in [5.74, 6) is 0.823. The van der Waals surface area contributed by atoms with Crippen molar-refractivity contribution in [2.75, 3.05) is 6.54 Å². The van der Waals surface area contributed by atoms with E-state index in [2.05, 4.69) is 20.8 Å². The number of nitrogens with one attached hydrogen (secondary N) is 2. The van der Waals surface area contributed by atoms with Crippen molar-refractivity contribution in [2.45, 2.75) is 44.2 Å². The zero-order valence-electron chi connectivity index (χ0n) is 13.7. The Morgan fingerprint density at radius 1 is 1.33 bits per heavy atom. The first-order valence-electron chi connectivity index (χ1n) is 8.21. The molecule has 0 bridgehead atoms. The van der Waals surface area contributed by atoms with Crippen LogP contribution < -0.4 is 10.6 Å². The molecule has 0 radical (unpaired) electrons. The molecule has 1 aromatic carbocycles. The van der Waals surface area contributed by atoms with Gasteiger partial charge in [-0.05, 0) is 31.9 Å². The molecule has 2 aromatic rings. The van der Waals surface area contributed by atoms with Crippen LogP contribution in [0.25, 0.3) is 11.5 Å². The molecule has 3 N–H and O–H groups in total. The van der Waals surface area contributed by atoms with E-state index in [1.54, 1.807) is 6.92 Å². The largest absolute Gasteiger partial charge is 0.388 e. The SMILES string of the molecule is CC(NC(=O)NCC1(O)CCCC1)c1noc(-c2ccccc2)n1. The van der Waals surface area contributed by atoms with Crippen LogP contribution in [0.3, 0.4) is 0 Å². The van der Waals surface area contributed by atoms with Gasteiger partial charge in [0.25, 0.3) is 5.89 Å². The zero-order chi connectivity index (χ0) is 17.0. The van der Waals surface area contributed by atoms with Crippen LogP contribution in [0.4, 0.5) is 4.79 Å². The number of aliphatic hydroxyl groups is 1. The minimum absolute atomic E-state index is 0.257. The smallest absolute Gasteiger partial charge is 0.315 e. The van der Waals surface area contributed by atoms with Crippen LogP contribution in [-0.4, -0.2) is 33.4 Å². The van der Waals surface area contributed by atoms with Crippen molar-refractivity contribution in [2.24, 2.45) is 0 Å². The summed E-state index contributed by atoms with van der Waals surface area (Å²) < 4.78 is 5.24. The Bertz CT molecular complexity index is 680. The third-order valence-electron chi connectivity index (χ3n) is 4.31. The highest BCUT2D eigenvalue weighted by molar-refractivity contribution is 5.74. The molecule has 0 spiro atoms. The van der Waals surface area contributed by atoms with Crippen LogP contribution in [0, 0.1) is 0 Å². The first-order chi connectivity index (χ1) is 11.6. The minimum atomic E-state index is -0.771. The van der Waals surface area contributed by atoms with Crippen molar-refractivity contribution < 1.29 is 14.4 Å². The van der Waals surface area contributed by atoms with Crippen LogP contribution in [0.15, 0.2) is 34.9 Å². The average molecular weight is 330 g/mol. The topological polar surface area (TPSA) is 100 Å². The molecule has 7 nitrogen and oxygen atoms in total. The molecular formula is C17H22N4O3. The zero-order valence-corrected chi connectivity index (χ0v) is 13.7. The first kappa shape index (κ1) is 16.4. The maximum absolute atomic E-state index is 12.0. The Balaban J connectivity index is 1.54. The van der Waals surface area contributed by atoms with Crippen molar-refractivity contribution in [3.8, 4) is 11.5 Å². The number of amides is 2. The second-order valence-corrected chi connectivity index (χ2v) is 6.30. The predicted molar refractivity (Wildman–Crippen MR) is 88.1 cm³/mol. The summed E-state index contributed by atoms with van der Waals surface area (Å²) in [6, 6.07) is 8.70. The van der Waals surface area contributed by atoms with Gasteiger partial charge in [-0.1, -0.05) is 36.2 Å². The number of carbonyl (C=O) groups is 1. The lowest BCUT2D eigenvalue weighted by Crippen LogP contribution is -2.45. The fourth-order valence-corrected chi connectivity index (χ4v) is 2.88. The van der Waals surface area contributed by atoms with Gasteiger partial charge in [0.15, 0.2) is 5.82 Å². The number of hydrogen-bond acceptors (Lipinski definition) is 5. The molecule has 1 saturated carbocycles. The Labute approximate surface area is 140 Å². The van der Waals surface area contributed by atoms with E-state index in [0.29, 0.717) is 11.7 Å². The molecule has 1 aliphatic carbocycles. The lowest BCUT2D eigenvalue weighted by molar-refractivity contribution is 0.0500. The molecule has 24 heavy (non-hydrogen) atoms. The van der Waals surface area contributed by atoms with Gasteiger partial charge in [0, 0.05) is 12.1 Å². The van der Waals surface area contributed by atoms with E-state index in [1.165, 1.54) is 0 Å². The highest BCUT2D eigenvalue weighted by Gasteiger charge is 2.31. The monoisotopic (exact) mass is 330 g/mol. The molecule has 1 atom stereocenters. The van der Waals surface area contributed by atoms with Crippen LogP contribution in [0.5, 0.6) is 0 Å². The molecule has 7 heteroatoms. The van der Waals surface area contributed by atoms with Gasteiger partial charge in [-0.15, -0.1) is 0 Å². The third-order valence-corrected chi connectivity index (χ3v) is 4.31. The number of rotatable bonds is 5. The number of aromatic nitrogens is 2. The Morgan fingerprint density at radius 3 is 2.75 bits per heavy atom. The predicted octanol–water partition coefficient (Wildman–Crippen LogP) is 2.40. The van der Waals surface area contributed by atoms with Crippen LogP contribution in [-0.2, 0) is 0 Å². The van der Waals surface area contributed by atoms with E-state index in [9.17, 15) is 9.90 Å². The second kappa shape index (κ2) is 7.00. The van der Waals surface area contributed by atoms with Gasteiger partial charge < -0.3 is 20.3 Å². The van der Waals surface area contributed by atoms with Gasteiger partial charge in [-0.25, -0.2) is 4.79 Å². The standard InChI is InChI=1S/C17H22N4O3/c1-12(19-16(22)18-11-17(23)9-5-6-10-17)14-20-15(24-21-14)13-7-3-2-4-8-13/h2-4,7-8,12,23H,5-6,9-11H2,1H3,(H2,18,19,22). The van der Waals surface area contributed by atoms with Gasteiger partial charge in [0.2, 0.25) is 0 Å². The Morgan fingerprint density at radius 2 is 2.04 bits per heavy atom. The number of urea groups is 1. The second-order valence-electron chi connectivity index (χ2n) is 6.30. The quantitative estimate of drug-likeness (QED) is 0.781. The summed E-state index contributed by atoms with van der Waals surface area (Å²) in [7, 11) is 0.